The Kier molecular flexibility index (Phi) is 3.95. The molecule has 132 valence electrons. The first-order valence-electron chi connectivity index (χ1n) is 8.41. The van der Waals surface area contributed by atoms with Crippen LogP contribution in [-0.4, -0.2) is 25.7 Å². The predicted molar refractivity (Wildman–Crippen MR) is 89.2 cm³/mol. The Morgan fingerprint density at radius 3 is 2.68 bits per heavy atom. The molecule has 1 atom stereocenters. The molecule has 2 aliphatic rings. The Morgan fingerprint density at radius 2 is 1.88 bits per heavy atom. The molecule has 2 aliphatic heterocycles. The third kappa shape index (κ3) is 2.88. The van der Waals surface area contributed by atoms with Crippen molar-refractivity contribution in [2.24, 2.45) is 0 Å². The van der Waals surface area contributed by atoms with Gasteiger partial charge in [-0.25, -0.2) is 4.39 Å². The molecule has 2 aromatic rings. The zero-order valence-electron chi connectivity index (χ0n) is 13.5. The molecule has 6 heteroatoms. The summed E-state index contributed by atoms with van der Waals surface area (Å²) in [4.78, 5) is 2.22. The number of fused-ring (bicyclic) bond motifs is 3. The lowest BCUT2D eigenvalue weighted by Crippen LogP contribution is -2.33. The molecular weight excluding hydrogens is 332 g/mol. The van der Waals surface area contributed by atoms with E-state index in [1.54, 1.807) is 12.1 Å². The van der Waals surface area contributed by atoms with Crippen LogP contribution in [0.4, 0.5) is 23.2 Å². The molecule has 0 bridgehead atoms. The van der Waals surface area contributed by atoms with Crippen molar-refractivity contribution >= 4 is 5.69 Å². The second-order valence-electron chi connectivity index (χ2n) is 6.59. The molecular formula is C19H18F4N2. The lowest BCUT2D eigenvalue weighted by Gasteiger charge is -2.27. The molecule has 0 spiro atoms. The van der Waals surface area contributed by atoms with E-state index in [0.29, 0.717) is 17.7 Å². The molecule has 4 rings (SSSR count). The van der Waals surface area contributed by atoms with Crippen molar-refractivity contribution < 1.29 is 17.6 Å². The van der Waals surface area contributed by atoms with Gasteiger partial charge in [0.25, 0.3) is 0 Å². The average Bonchev–Trinajstić information content (AvgIpc) is 2.76. The topological polar surface area (TPSA) is 15.3 Å². The van der Waals surface area contributed by atoms with E-state index >= 15 is 0 Å². The number of hydrogen-bond acceptors (Lipinski definition) is 2. The molecule has 0 radical (unpaired) electrons. The van der Waals surface area contributed by atoms with Gasteiger partial charge in [-0.05, 0) is 42.6 Å². The fourth-order valence-electron chi connectivity index (χ4n) is 3.99. The van der Waals surface area contributed by atoms with Gasteiger partial charge >= 0.3 is 6.18 Å². The highest BCUT2D eigenvalue weighted by Gasteiger charge is 2.37. The fraction of sp³-hybridized carbons (Fsp3) is 0.368. The normalized spacial score (nSPS) is 20.2. The number of benzene rings is 2. The summed E-state index contributed by atoms with van der Waals surface area (Å²) in [5.74, 6) is -0.875. The number of para-hydroxylation sites is 1. The van der Waals surface area contributed by atoms with E-state index in [4.69, 9.17) is 0 Å². The Balaban J connectivity index is 1.89. The number of halogens is 4. The molecule has 2 nitrogen and oxygen atoms in total. The molecule has 1 N–H and O–H groups in total. The molecule has 1 unspecified atom stereocenters. The van der Waals surface area contributed by atoms with E-state index in [-0.39, 0.29) is 5.56 Å². The van der Waals surface area contributed by atoms with Gasteiger partial charge in [0.1, 0.15) is 5.82 Å². The highest BCUT2D eigenvalue weighted by molar-refractivity contribution is 5.85. The number of anilines is 1. The average molecular weight is 350 g/mol. The SMILES string of the molecule is Fc1ccc(-c2cccc3c2N2CCNCCC2C3)c(C(F)(F)F)c1. The van der Waals surface area contributed by atoms with E-state index in [2.05, 4.69) is 10.2 Å². The van der Waals surface area contributed by atoms with Crippen LogP contribution in [0, 0.1) is 5.82 Å². The molecule has 0 saturated carbocycles. The monoisotopic (exact) mass is 350 g/mol. The standard InChI is InChI=1S/C19H18F4N2/c20-13-4-5-15(17(11-13)19(21,22)23)16-3-1-2-12-10-14-6-7-24-8-9-25(14)18(12)16/h1-5,11,14,24H,6-10H2. The minimum absolute atomic E-state index is 0.0450. The minimum atomic E-state index is -4.60. The summed E-state index contributed by atoms with van der Waals surface area (Å²) in [7, 11) is 0. The maximum absolute atomic E-state index is 13.5. The van der Waals surface area contributed by atoms with E-state index in [9.17, 15) is 17.6 Å². The summed E-state index contributed by atoms with van der Waals surface area (Å²) < 4.78 is 53.9. The zero-order valence-corrected chi connectivity index (χ0v) is 13.5. The first kappa shape index (κ1) is 16.4. The molecule has 0 aromatic heterocycles. The van der Waals surface area contributed by atoms with Gasteiger partial charge in [-0.3, -0.25) is 0 Å². The second kappa shape index (κ2) is 6.02. The van der Waals surface area contributed by atoms with E-state index in [0.717, 1.165) is 49.8 Å². The van der Waals surface area contributed by atoms with Gasteiger partial charge in [0, 0.05) is 30.4 Å². The molecule has 2 heterocycles. The maximum atomic E-state index is 13.5. The largest absolute Gasteiger partial charge is 0.417 e. The van der Waals surface area contributed by atoms with Gasteiger partial charge in [-0.1, -0.05) is 24.3 Å². The van der Waals surface area contributed by atoms with Crippen LogP contribution >= 0.6 is 0 Å². The van der Waals surface area contributed by atoms with E-state index in [1.165, 1.54) is 6.07 Å². The number of hydrogen-bond donors (Lipinski definition) is 1. The Morgan fingerprint density at radius 1 is 1.04 bits per heavy atom. The van der Waals surface area contributed by atoms with Crippen molar-refractivity contribution in [1.29, 1.82) is 0 Å². The van der Waals surface area contributed by atoms with Crippen LogP contribution < -0.4 is 10.2 Å². The summed E-state index contributed by atoms with van der Waals surface area (Å²) in [6.45, 7) is 2.48. The van der Waals surface area contributed by atoms with Gasteiger partial charge in [-0.2, -0.15) is 13.2 Å². The maximum Gasteiger partial charge on any atom is 0.417 e. The highest BCUT2D eigenvalue weighted by Crippen LogP contribution is 2.45. The molecule has 0 aliphatic carbocycles. The van der Waals surface area contributed by atoms with Gasteiger partial charge in [0.15, 0.2) is 0 Å². The Labute approximate surface area is 143 Å². The lowest BCUT2D eigenvalue weighted by atomic mass is 9.95. The minimum Gasteiger partial charge on any atom is -0.366 e. The summed E-state index contributed by atoms with van der Waals surface area (Å²) in [5, 5.41) is 3.34. The first-order chi connectivity index (χ1) is 11.9. The van der Waals surface area contributed by atoms with Gasteiger partial charge in [-0.15, -0.1) is 0 Å². The van der Waals surface area contributed by atoms with Crippen LogP contribution in [0.1, 0.15) is 17.5 Å². The van der Waals surface area contributed by atoms with Crippen molar-refractivity contribution in [3.63, 3.8) is 0 Å². The van der Waals surface area contributed by atoms with E-state index < -0.39 is 17.6 Å². The van der Waals surface area contributed by atoms with E-state index in [1.807, 2.05) is 6.07 Å². The summed E-state index contributed by atoms with van der Waals surface area (Å²) in [5.41, 5.74) is 1.60. The quantitative estimate of drug-likeness (QED) is 0.774. The third-order valence-electron chi connectivity index (χ3n) is 5.06. The third-order valence-corrected chi connectivity index (χ3v) is 5.06. The fourth-order valence-corrected chi connectivity index (χ4v) is 3.99. The number of nitrogens with zero attached hydrogens (tertiary/aromatic N) is 1. The molecule has 2 aromatic carbocycles. The molecule has 1 fully saturated rings. The van der Waals surface area contributed by atoms with Crippen LogP contribution in [0.25, 0.3) is 11.1 Å². The summed E-state index contributed by atoms with van der Waals surface area (Å²) in [6, 6.07) is 8.73. The molecule has 25 heavy (non-hydrogen) atoms. The van der Waals surface area contributed by atoms with Crippen LogP contribution in [0.15, 0.2) is 36.4 Å². The number of rotatable bonds is 1. The van der Waals surface area contributed by atoms with Crippen molar-refractivity contribution in [2.75, 3.05) is 24.5 Å². The summed E-state index contributed by atoms with van der Waals surface area (Å²) in [6.07, 6.45) is -2.80. The molecule has 1 saturated heterocycles. The molecule has 0 amide bonds. The van der Waals surface area contributed by atoms with Crippen LogP contribution in [0.3, 0.4) is 0 Å². The number of nitrogens with one attached hydrogen (secondary N) is 1. The smallest absolute Gasteiger partial charge is 0.366 e. The van der Waals surface area contributed by atoms with Gasteiger partial charge in [0.2, 0.25) is 0 Å². The Bertz CT molecular complexity index is 800. The van der Waals surface area contributed by atoms with Crippen molar-refractivity contribution in [2.45, 2.75) is 25.1 Å². The summed E-state index contributed by atoms with van der Waals surface area (Å²) >= 11 is 0. The van der Waals surface area contributed by atoms with Crippen LogP contribution in [-0.2, 0) is 12.6 Å². The van der Waals surface area contributed by atoms with Crippen LogP contribution in [0.5, 0.6) is 0 Å². The van der Waals surface area contributed by atoms with Crippen molar-refractivity contribution in [3.05, 3.63) is 53.3 Å². The predicted octanol–water partition coefficient (Wildman–Crippen LogP) is 4.24. The number of alkyl halides is 3. The van der Waals surface area contributed by atoms with Crippen LogP contribution in [0.2, 0.25) is 0 Å². The second-order valence-corrected chi connectivity index (χ2v) is 6.59. The lowest BCUT2D eigenvalue weighted by molar-refractivity contribution is -0.137. The van der Waals surface area contributed by atoms with Gasteiger partial charge in [0.05, 0.1) is 5.56 Å². The highest BCUT2D eigenvalue weighted by atomic mass is 19.4. The van der Waals surface area contributed by atoms with Crippen molar-refractivity contribution in [1.82, 2.24) is 5.32 Å². The first-order valence-corrected chi connectivity index (χ1v) is 8.41. The zero-order chi connectivity index (χ0) is 17.6. The Hall–Kier alpha value is -2.08. The van der Waals surface area contributed by atoms with Gasteiger partial charge < -0.3 is 10.2 Å². The van der Waals surface area contributed by atoms with Crippen molar-refractivity contribution in [3.8, 4) is 11.1 Å².